The van der Waals surface area contributed by atoms with E-state index in [-0.39, 0.29) is 5.91 Å². The number of nitrogens with zero attached hydrogens (tertiary/aromatic N) is 3. The Kier molecular flexibility index (Phi) is 6.36. The predicted octanol–water partition coefficient (Wildman–Crippen LogP) is 4.56. The molecule has 0 unspecified atom stereocenters. The highest BCUT2D eigenvalue weighted by Gasteiger charge is 2.35. The molecular weight excluding hydrogens is 392 g/mol. The number of anilines is 2. The Bertz CT molecular complexity index is 811. The first-order valence-corrected chi connectivity index (χ1v) is 11.7. The van der Waals surface area contributed by atoms with Crippen LogP contribution in [0.2, 0.25) is 0 Å². The van der Waals surface area contributed by atoms with Crippen LogP contribution in [0.3, 0.4) is 0 Å². The van der Waals surface area contributed by atoms with Gasteiger partial charge in [-0.2, -0.15) is 0 Å². The van der Waals surface area contributed by atoms with Crippen molar-refractivity contribution in [3.05, 3.63) is 24.3 Å². The zero-order valence-corrected chi connectivity index (χ0v) is 17.7. The highest BCUT2D eigenvalue weighted by Crippen LogP contribution is 2.36. The lowest BCUT2D eigenvalue weighted by Gasteiger charge is -2.44. The number of para-hydroxylation sites is 2. The molecule has 150 valence electrons. The van der Waals surface area contributed by atoms with E-state index in [9.17, 15) is 4.79 Å². The summed E-state index contributed by atoms with van der Waals surface area (Å²) in [5, 5.41) is 12.4. The highest BCUT2D eigenvalue weighted by atomic mass is 32.2. The van der Waals surface area contributed by atoms with Gasteiger partial charge in [0.1, 0.15) is 5.75 Å². The smallest absolute Gasteiger partial charge is 0.233 e. The third-order valence-corrected chi connectivity index (χ3v) is 7.59. The zero-order chi connectivity index (χ0) is 19.3. The van der Waals surface area contributed by atoms with Gasteiger partial charge in [-0.3, -0.25) is 4.79 Å². The lowest BCUT2D eigenvalue weighted by molar-refractivity contribution is -0.134. The molecule has 2 heterocycles. The molecule has 2 aromatic rings. The largest absolute Gasteiger partial charge is 0.495 e. The van der Waals surface area contributed by atoms with Crippen LogP contribution in [0.1, 0.15) is 38.5 Å². The molecule has 1 aromatic heterocycles. The minimum Gasteiger partial charge on any atom is -0.495 e. The van der Waals surface area contributed by atoms with Crippen LogP contribution in [0.4, 0.5) is 10.8 Å². The SMILES string of the molecule is COc1ccccc1Nc1nnc(SCC(=O)N2CCC[C@H]3CCCC[C@@H]32)s1. The molecule has 4 rings (SSSR count). The number of carbonyl (C=O) groups is 1. The fourth-order valence-corrected chi connectivity index (χ4v) is 5.97. The standard InChI is InChI=1S/C20H26N4O2S2/c1-26-17-11-5-3-9-15(17)21-19-22-23-20(28-19)27-13-18(25)24-12-6-8-14-7-2-4-10-16(14)24/h3,5,9,11,14,16H,2,4,6-8,10,12-13H2,1H3,(H,21,22)/t14-,16+/m1/s1. The number of benzene rings is 1. The van der Waals surface area contributed by atoms with Crippen molar-refractivity contribution >= 4 is 39.8 Å². The van der Waals surface area contributed by atoms with Gasteiger partial charge in [0.2, 0.25) is 11.0 Å². The van der Waals surface area contributed by atoms with Gasteiger partial charge in [0.05, 0.1) is 18.6 Å². The van der Waals surface area contributed by atoms with Gasteiger partial charge < -0.3 is 15.0 Å². The average molecular weight is 419 g/mol. The topological polar surface area (TPSA) is 67.3 Å². The summed E-state index contributed by atoms with van der Waals surface area (Å²) in [6.45, 7) is 0.914. The number of hydrogen-bond acceptors (Lipinski definition) is 7. The van der Waals surface area contributed by atoms with E-state index in [0.717, 1.165) is 34.7 Å². The first kappa shape index (κ1) is 19.5. The Morgan fingerprint density at radius 3 is 2.96 bits per heavy atom. The minimum atomic E-state index is 0.246. The van der Waals surface area contributed by atoms with Crippen molar-refractivity contribution < 1.29 is 9.53 Å². The van der Waals surface area contributed by atoms with E-state index in [4.69, 9.17) is 4.74 Å². The highest BCUT2D eigenvalue weighted by molar-refractivity contribution is 8.01. The number of aromatic nitrogens is 2. The molecule has 8 heteroatoms. The molecule has 1 aromatic carbocycles. The Morgan fingerprint density at radius 1 is 1.25 bits per heavy atom. The van der Waals surface area contributed by atoms with Gasteiger partial charge >= 0.3 is 0 Å². The summed E-state index contributed by atoms with van der Waals surface area (Å²) in [6, 6.07) is 8.17. The van der Waals surface area contributed by atoms with E-state index in [1.165, 1.54) is 55.2 Å². The van der Waals surface area contributed by atoms with Gasteiger partial charge in [-0.25, -0.2) is 0 Å². The molecule has 2 atom stereocenters. The lowest BCUT2D eigenvalue weighted by Crippen LogP contribution is -2.50. The Balaban J connectivity index is 1.33. The third kappa shape index (κ3) is 4.43. The Hall–Kier alpha value is -1.80. The van der Waals surface area contributed by atoms with E-state index < -0.39 is 0 Å². The van der Waals surface area contributed by atoms with Crippen LogP contribution in [0, 0.1) is 5.92 Å². The molecule has 2 fully saturated rings. The summed E-state index contributed by atoms with van der Waals surface area (Å²) in [5.41, 5.74) is 0.852. The van der Waals surface area contributed by atoms with Gasteiger partial charge in [-0.1, -0.05) is 48.1 Å². The van der Waals surface area contributed by atoms with Crippen molar-refractivity contribution in [3.8, 4) is 5.75 Å². The number of hydrogen-bond donors (Lipinski definition) is 1. The molecule has 0 bridgehead atoms. The summed E-state index contributed by atoms with van der Waals surface area (Å²) < 4.78 is 6.16. The van der Waals surface area contributed by atoms with Gasteiger partial charge in [-0.05, 0) is 43.7 Å². The lowest BCUT2D eigenvalue weighted by atomic mass is 9.78. The van der Waals surface area contributed by atoms with Crippen molar-refractivity contribution in [3.63, 3.8) is 0 Å². The minimum absolute atomic E-state index is 0.246. The van der Waals surface area contributed by atoms with Crippen LogP contribution >= 0.6 is 23.1 Å². The van der Waals surface area contributed by atoms with Crippen molar-refractivity contribution in [2.24, 2.45) is 5.92 Å². The molecule has 1 aliphatic heterocycles. The number of nitrogens with one attached hydrogen (secondary N) is 1. The zero-order valence-electron chi connectivity index (χ0n) is 16.1. The molecule has 1 saturated heterocycles. The van der Waals surface area contributed by atoms with Crippen LogP contribution in [-0.2, 0) is 4.79 Å². The van der Waals surface area contributed by atoms with E-state index in [1.54, 1.807) is 7.11 Å². The van der Waals surface area contributed by atoms with Crippen LogP contribution < -0.4 is 10.1 Å². The van der Waals surface area contributed by atoms with Crippen LogP contribution in [0.5, 0.6) is 5.75 Å². The first-order chi connectivity index (χ1) is 13.7. The van der Waals surface area contributed by atoms with Crippen molar-refractivity contribution in [1.29, 1.82) is 0 Å². The maximum Gasteiger partial charge on any atom is 0.233 e. The van der Waals surface area contributed by atoms with Crippen LogP contribution in [-0.4, -0.2) is 46.5 Å². The molecule has 28 heavy (non-hydrogen) atoms. The summed E-state index contributed by atoms with van der Waals surface area (Å²) in [5.74, 6) is 2.16. The Labute approximate surface area is 174 Å². The predicted molar refractivity (Wildman–Crippen MR) is 114 cm³/mol. The quantitative estimate of drug-likeness (QED) is 0.694. The van der Waals surface area contributed by atoms with E-state index in [0.29, 0.717) is 16.9 Å². The third-order valence-electron chi connectivity index (χ3n) is 5.64. The number of fused-ring (bicyclic) bond motifs is 1. The fraction of sp³-hybridized carbons (Fsp3) is 0.550. The Morgan fingerprint density at radius 2 is 2.07 bits per heavy atom. The number of likely N-dealkylation sites (tertiary alicyclic amines) is 1. The second kappa shape index (κ2) is 9.13. The van der Waals surface area contributed by atoms with Crippen LogP contribution in [0.15, 0.2) is 28.6 Å². The van der Waals surface area contributed by atoms with Gasteiger partial charge in [0.15, 0.2) is 4.34 Å². The molecule has 2 aliphatic rings. The summed E-state index contributed by atoms with van der Waals surface area (Å²) >= 11 is 2.95. The number of thioether (sulfide) groups is 1. The fourth-order valence-electron chi connectivity index (χ4n) is 4.32. The maximum atomic E-state index is 12.8. The number of ether oxygens (including phenoxy) is 1. The summed E-state index contributed by atoms with van der Waals surface area (Å²) in [7, 11) is 1.64. The number of carbonyl (C=O) groups excluding carboxylic acids is 1. The normalized spacial score (nSPS) is 21.8. The molecule has 1 aliphatic carbocycles. The van der Waals surface area contributed by atoms with Gasteiger partial charge in [-0.15, -0.1) is 10.2 Å². The van der Waals surface area contributed by atoms with Crippen molar-refractivity contribution in [1.82, 2.24) is 15.1 Å². The summed E-state index contributed by atoms with van der Waals surface area (Å²) in [4.78, 5) is 15.0. The molecule has 1 saturated carbocycles. The monoisotopic (exact) mass is 418 g/mol. The first-order valence-electron chi connectivity index (χ1n) is 9.90. The van der Waals surface area contributed by atoms with Crippen LogP contribution in [0.25, 0.3) is 0 Å². The van der Waals surface area contributed by atoms with Crippen molar-refractivity contribution in [2.75, 3.05) is 24.7 Å². The average Bonchev–Trinajstić information content (AvgIpc) is 3.19. The second-order valence-corrected chi connectivity index (χ2v) is 9.53. The summed E-state index contributed by atoms with van der Waals surface area (Å²) in [6.07, 6.45) is 7.47. The van der Waals surface area contributed by atoms with E-state index in [1.807, 2.05) is 24.3 Å². The number of methoxy groups -OCH3 is 1. The molecule has 1 amide bonds. The molecular formula is C20H26N4O2S2. The molecule has 6 nitrogen and oxygen atoms in total. The van der Waals surface area contributed by atoms with Gasteiger partial charge in [0, 0.05) is 12.6 Å². The van der Waals surface area contributed by atoms with E-state index >= 15 is 0 Å². The number of piperidine rings is 1. The molecule has 1 N–H and O–H groups in total. The maximum absolute atomic E-state index is 12.8. The molecule has 0 radical (unpaired) electrons. The van der Waals surface area contributed by atoms with E-state index in [2.05, 4.69) is 20.4 Å². The van der Waals surface area contributed by atoms with Gasteiger partial charge in [0.25, 0.3) is 0 Å². The number of rotatable bonds is 6. The number of amides is 1. The molecule has 0 spiro atoms. The van der Waals surface area contributed by atoms with Crippen molar-refractivity contribution in [2.45, 2.75) is 48.9 Å². The second-order valence-electron chi connectivity index (χ2n) is 7.33.